The zero-order valence-electron chi connectivity index (χ0n) is 18.4. The van der Waals surface area contributed by atoms with E-state index in [1.165, 1.54) is 0 Å². The highest BCUT2D eigenvalue weighted by Crippen LogP contribution is 2.26. The molecule has 0 aliphatic carbocycles. The summed E-state index contributed by atoms with van der Waals surface area (Å²) in [5.74, 6) is -0.830. The lowest BCUT2D eigenvalue weighted by Crippen LogP contribution is -2.44. The average Bonchev–Trinajstić information content (AvgIpc) is 3.01. The molecule has 8 heteroatoms. The highest BCUT2D eigenvalue weighted by atomic mass is 16.5. The Morgan fingerprint density at radius 3 is 2.06 bits per heavy atom. The van der Waals surface area contributed by atoms with Gasteiger partial charge in [-0.3, -0.25) is 24.1 Å². The molecular weight excluding hydrogens is 410 g/mol. The van der Waals surface area contributed by atoms with Crippen molar-refractivity contribution in [2.75, 3.05) is 19.6 Å². The molecule has 0 fully saturated rings. The number of carbonyl (C=O) groups is 4. The Hall–Kier alpha value is -3.68. The quantitative estimate of drug-likeness (QED) is 0.462. The van der Waals surface area contributed by atoms with E-state index in [-0.39, 0.29) is 31.5 Å². The Balaban J connectivity index is 1.42. The number of rotatable bonds is 9. The summed E-state index contributed by atoms with van der Waals surface area (Å²) in [5.41, 5.74) is 1.61. The van der Waals surface area contributed by atoms with Crippen LogP contribution in [0.1, 0.15) is 53.0 Å². The summed E-state index contributed by atoms with van der Waals surface area (Å²) in [6.45, 7) is 5.74. The van der Waals surface area contributed by atoms with Crippen LogP contribution in [0.3, 0.4) is 0 Å². The Morgan fingerprint density at radius 2 is 1.44 bits per heavy atom. The second-order valence-electron chi connectivity index (χ2n) is 7.84. The van der Waals surface area contributed by atoms with Crippen LogP contribution in [-0.4, -0.2) is 54.3 Å². The van der Waals surface area contributed by atoms with E-state index < -0.39 is 23.8 Å². The van der Waals surface area contributed by atoms with Crippen molar-refractivity contribution in [3.8, 4) is 5.75 Å². The molecule has 2 aromatic rings. The molecule has 1 unspecified atom stereocenters. The number of fused-ring (bicyclic) bond motifs is 1. The van der Waals surface area contributed by atoms with Gasteiger partial charge in [0, 0.05) is 13.1 Å². The third kappa shape index (κ3) is 5.14. The van der Waals surface area contributed by atoms with E-state index in [9.17, 15) is 19.2 Å². The van der Waals surface area contributed by atoms with Gasteiger partial charge in [0.2, 0.25) is 5.91 Å². The van der Waals surface area contributed by atoms with Gasteiger partial charge in [-0.25, -0.2) is 0 Å². The molecule has 0 aromatic heterocycles. The second kappa shape index (κ2) is 10.1. The largest absolute Gasteiger partial charge is 0.481 e. The summed E-state index contributed by atoms with van der Waals surface area (Å²) >= 11 is 0. The van der Waals surface area contributed by atoms with Gasteiger partial charge in [-0.05, 0) is 36.6 Å². The van der Waals surface area contributed by atoms with Crippen LogP contribution in [0.5, 0.6) is 5.75 Å². The fourth-order valence-corrected chi connectivity index (χ4v) is 3.42. The van der Waals surface area contributed by atoms with Crippen LogP contribution in [0, 0.1) is 0 Å². The molecule has 2 N–H and O–H groups in total. The van der Waals surface area contributed by atoms with Gasteiger partial charge in [0.05, 0.1) is 11.1 Å². The molecule has 8 nitrogen and oxygen atoms in total. The Bertz CT molecular complexity index is 999. The standard InChI is InChI=1S/C24H27N3O5/c1-15(2)17-8-6-7-11-20(17)32-16(3)22(29)26-13-12-25-21(28)14-27-23(30)18-9-4-5-10-19(18)24(27)31/h4-11,15-16H,12-14H2,1-3H3,(H,25,28)(H,26,29). The highest BCUT2D eigenvalue weighted by Gasteiger charge is 2.36. The molecule has 3 rings (SSSR count). The van der Waals surface area contributed by atoms with Crippen molar-refractivity contribution in [1.82, 2.24) is 15.5 Å². The van der Waals surface area contributed by atoms with Crippen LogP contribution < -0.4 is 15.4 Å². The van der Waals surface area contributed by atoms with Crippen molar-refractivity contribution in [1.29, 1.82) is 0 Å². The molecule has 1 atom stereocenters. The number of carbonyl (C=O) groups excluding carboxylic acids is 4. The molecular formula is C24H27N3O5. The van der Waals surface area contributed by atoms with E-state index >= 15 is 0 Å². The number of ether oxygens (including phenoxy) is 1. The van der Waals surface area contributed by atoms with Gasteiger partial charge in [0.25, 0.3) is 17.7 Å². The number of imide groups is 1. The molecule has 4 amide bonds. The maximum atomic E-state index is 12.3. The van der Waals surface area contributed by atoms with Crippen molar-refractivity contribution in [2.45, 2.75) is 32.8 Å². The first-order chi connectivity index (χ1) is 15.3. The number of nitrogens with one attached hydrogen (secondary N) is 2. The van der Waals surface area contributed by atoms with E-state index in [0.717, 1.165) is 10.5 Å². The Morgan fingerprint density at radius 1 is 0.875 bits per heavy atom. The lowest BCUT2D eigenvalue weighted by Gasteiger charge is -2.19. The zero-order chi connectivity index (χ0) is 23.3. The zero-order valence-corrected chi connectivity index (χ0v) is 18.4. The third-order valence-corrected chi connectivity index (χ3v) is 5.14. The first-order valence-corrected chi connectivity index (χ1v) is 10.5. The minimum atomic E-state index is -0.705. The van der Waals surface area contributed by atoms with Crippen LogP contribution in [0.15, 0.2) is 48.5 Å². The van der Waals surface area contributed by atoms with Crippen LogP contribution >= 0.6 is 0 Å². The smallest absolute Gasteiger partial charge is 0.262 e. The van der Waals surface area contributed by atoms with Gasteiger partial charge in [-0.1, -0.05) is 44.2 Å². The molecule has 2 aromatic carbocycles. The minimum Gasteiger partial charge on any atom is -0.481 e. The average molecular weight is 437 g/mol. The number of hydrogen-bond acceptors (Lipinski definition) is 5. The molecule has 1 heterocycles. The third-order valence-electron chi connectivity index (χ3n) is 5.14. The van der Waals surface area contributed by atoms with Crippen molar-refractivity contribution in [2.24, 2.45) is 0 Å². The first kappa shape index (κ1) is 23.0. The lowest BCUT2D eigenvalue weighted by atomic mass is 10.0. The van der Waals surface area contributed by atoms with Crippen LogP contribution in [-0.2, 0) is 9.59 Å². The predicted octanol–water partition coefficient (Wildman–Crippen LogP) is 2.11. The summed E-state index contributed by atoms with van der Waals surface area (Å²) in [6, 6.07) is 14.0. The molecule has 0 bridgehead atoms. The normalized spacial score (nSPS) is 13.7. The maximum absolute atomic E-state index is 12.3. The van der Waals surface area contributed by atoms with Crippen molar-refractivity contribution >= 4 is 23.6 Å². The predicted molar refractivity (Wildman–Crippen MR) is 118 cm³/mol. The topological polar surface area (TPSA) is 105 Å². The van der Waals surface area contributed by atoms with Crippen molar-refractivity contribution < 1.29 is 23.9 Å². The van der Waals surface area contributed by atoms with Gasteiger partial charge >= 0.3 is 0 Å². The van der Waals surface area contributed by atoms with E-state index in [2.05, 4.69) is 24.5 Å². The van der Waals surface area contributed by atoms with Gasteiger partial charge in [-0.2, -0.15) is 0 Å². The number of hydrogen-bond donors (Lipinski definition) is 2. The lowest BCUT2D eigenvalue weighted by molar-refractivity contribution is -0.127. The fraction of sp³-hybridized carbons (Fsp3) is 0.333. The molecule has 0 saturated heterocycles. The molecule has 32 heavy (non-hydrogen) atoms. The number of para-hydroxylation sites is 1. The van der Waals surface area contributed by atoms with E-state index in [0.29, 0.717) is 16.9 Å². The molecule has 0 radical (unpaired) electrons. The van der Waals surface area contributed by atoms with Crippen LogP contribution in [0.4, 0.5) is 0 Å². The fourth-order valence-electron chi connectivity index (χ4n) is 3.42. The molecule has 0 spiro atoms. The van der Waals surface area contributed by atoms with Gasteiger partial charge in [0.15, 0.2) is 6.10 Å². The monoisotopic (exact) mass is 437 g/mol. The van der Waals surface area contributed by atoms with Crippen LogP contribution in [0.25, 0.3) is 0 Å². The minimum absolute atomic E-state index is 0.156. The highest BCUT2D eigenvalue weighted by molar-refractivity contribution is 6.22. The summed E-state index contributed by atoms with van der Waals surface area (Å²) in [5, 5.41) is 5.31. The number of nitrogens with zero attached hydrogens (tertiary/aromatic N) is 1. The van der Waals surface area contributed by atoms with Gasteiger partial charge in [0.1, 0.15) is 12.3 Å². The van der Waals surface area contributed by atoms with E-state index in [1.54, 1.807) is 31.2 Å². The Labute approximate surface area is 186 Å². The molecule has 0 saturated carbocycles. The van der Waals surface area contributed by atoms with Crippen molar-refractivity contribution in [3.63, 3.8) is 0 Å². The second-order valence-corrected chi connectivity index (χ2v) is 7.84. The molecule has 1 aliphatic rings. The summed E-state index contributed by atoms with van der Waals surface area (Å²) < 4.78 is 5.81. The maximum Gasteiger partial charge on any atom is 0.262 e. The summed E-state index contributed by atoms with van der Waals surface area (Å²) in [6.07, 6.45) is -0.705. The molecule has 168 valence electrons. The summed E-state index contributed by atoms with van der Waals surface area (Å²) in [7, 11) is 0. The van der Waals surface area contributed by atoms with Gasteiger partial charge < -0.3 is 15.4 Å². The number of amides is 4. The van der Waals surface area contributed by atoms with Crippen LogP contribution in [0.2, 0.25) is 0 Å². The summed E-state index contributed by atoms with van der Waals surface area (Å²) in [4.78, 5) is 50.0. The number of benzene rings is 2. The van der Waals surface area contributed by atoms with E-state index in [4.69, 9.17) is 4.74 Å². The van der Waals surface area contributed by atoms with Gasteiger partial charge in [-0.15, -0.1) is 0 Å². The van der Waals surface area contributed by atoms with E-state index in [1.807, 2.05) is 24.3 Å². The Kier molecular flexibility index (Phi) is 7.25. The molecule has 1 aliphatic heterocycles. The van der Waals surface area contributed by atoms with Crippen molar-refractivity contribution in [3.05, 3.63) is 65.2 Å². The first-order valence-electron chi connectivity index (χ1n) is 10.5. The SMILES string of the molecule is CC(Oc1ccccc1C(C)C)C(=O)NCCNC(=O)CN1C(=O)c2ccccc2C1=O.